The zero-order chi connectivity index (χ0) is 20.3. The van der Waals surface area contributed by atoms with Crippen molar-refractivity contribution in [1.29, 1.82) is 0 Å². The standard InChI is InChI=1S/C21H44NO2.CH4O/c1-6-8-10-12-16-20(15-9-7-2)19-24-21(23)17-13-11-14-18-22(3,4)5;1-2/h20H,6-19H2,1-5H3;2H,1H3/q+1;. The summed E-state index contributed by atoms with van der Waals surface area (Å²) in [6.07, 6.45) is 14.0. The second-order valence-electron chi connectivity index (χ2n) is 8.37. The second kappa shape index (κ2) is 19.2. The van der Waals surface area contributed by atoms with Crippen molar-refractivity contribution in [2.75, 3.05) is 41.4 Å². The molecule has 0 saturated heterocycles. The van der Waals surface area contributed by atoms with Gasteiger partial charge in [0.1, 0.15) is 0 Å². The summed E-state index contributed by atoms with van der Waals surface area (Å²) in [7, 11) is 7.64. The SMILES string of the molecule is CCCCCCC(CCCC)COC(=O)CCCCC[N+](C)(C)C.CO. The van der Waals surface area contributed by atoms with Gasteiger partial charge >= 0.3 is 5.97 Å². The number of carbonyl (C=O) groups excluding carboxylic acids is 1. The maximum Gasteiger partial charge on any atom is 0.305 e. The Labute approximate surface area is 163 Å². The summed E-state index contributed by atoms with van der Waals surface area (Å²) >= 11 is 0. The molecular weight excluding hydrogens is 326 g/mol. The molecule has 0 aromatic carbocycles. The highest BCUT2D eigenvalue weighted by molar-refractivity contribution is 5.69. The van der Waals surface area contributed by atoms with E-state index < -0.39 is 0 Å². The average Bonchev–Trinajstić information content (AvgIpc) is 2.60. The first-order valence-electron chi connectivity index (χ1n) is 10.8. The zero-order valence-corrected chi connectivity index (χ0v) is 18.7. The number of nitrogens with zero attached hydrogens (tertiary/aromatic N) is 1. The molecule has 0 amide bonds. The monoisotopic (exact) mass is 374 g/mol. The molecule has 4 heteroatoms. The highest BCUT2D eigenvalue weighted by Gasteiger charge is 2.12. The van der Waals surface area contributed by atoms with Crippen LogP contribution >= 0.6 is 0 Å². The molecule has 0 aliphatic rings. The van der Waals surface area contributed by atoms with Crippen molar-refractivity contribution in [3.05, 3.63) is 0 Å². The van der Waals surface area contributed by atoms with Crippen molar-refractivity contribution in [1.82, 2.24) is 0 Å². The van der Waals surface area contributed by atoms with Crippen LogP contribution in [0.4, 0.5) is 0 Å². The van der Waals surface area contributed by atoms with E-state index in [1.807, 2.05) is 0 Å². The topological polar surface area (TPSA) is 46.5 Å². The predicted molar refractivity (Wildman–Crippen MR) is 112 cm³/mol. The van der Waals surface area contributed by atoms with E-state index in [1.165, 1.54) is 64.3 Å². The minimum Gasteiger partial charge on any atom is -0.465 e. The van der Waals surface area contributed by atoms with Crippen molar-refractivity contribution in [3.8, 4) is 0 Å². The van der Waals surface area contributed by atoms with Crippen molar-refractivity contribution < 1.29 is 19.1 Å². The molecule has 0 bridgehead atoms. The lowest BCUT2D eigenvalue weighted by Gasteiger charge is -2.23. The Kier molecular flexibility index (Phi) is 20.3. The minimum absolute atomic E-state index is 0.00954. The van der Waals surface area contributed by atoms with E-state index in [0.29, 0.717) is 18.9 Å². The molecule has 0 rings (SSSR count). The molecule has 0 aliphatic heterocycles. The summed E-state index contributed by atoms with van der Waals surface area (Å²) in [5.74, 6) is 0.583. The lowest BCUT2D eigenvalue weighted by molar-refractivity contribution is -0.870. The summed E-state index contributed by atoms with van der Waals surface area (Å²) in [5, 5.41) is 7.00. The molecule has 0 heterocycles. The van der Waals surface area contributed by atoms with Crippen LogP contribution in [0.1, 0.15) is 90.9 Å². The molecule has 0 spiro atoms. The van der Waals surface area contributed by atoms with Crippen molar-refractivity contribution in [2.45, 2.75) is 90.9 Å². The number of hydrogen-bond donors (Lipinski definition) is 1. The normalized spacial score (nSPS) is 12.3. The van der Waals surface area contributed by atoms with Crippen molar-refractivity contribution >= 4 is 5.97 Å². The molecule has 158 valence electrons. The molecule has 0 radical (unpaired) electrons. The Morgan fingerprint density at radius 3 is 2.00 bits per heavy atom. The molecule has 1 N–H and O–H groups in total. The second-order valence-corrected chi connectivity index (χ2v) is 8.37. The number of aliphatic hydroxyl groups is 1. The summed E-state index contributed by atoms with van der Waals surface area (Å²) in [5.41, 5.74) is 0. The lowest BCUT2D eigenvalue weighted by Crippen LogP contribution is -2.35. The Balaban J connectivity index is 0. The summed E-state index contributed by atoms with van der Waals surface area (Å²) in [6.45, 7) is 6.29. The van der Waals surface area contributed by atoms with Gasteiger partial charge in [-0.2, -0.15) is 0 Å². The van der Waals surface area contributed by atoms with E-state index in [1.54, 1.807) is 0 Å². The number of aliphatic hydroxyl groups excluding tert-OH is 1. The maximum absolute atomic E-state index is 11.9. The Morgan fingerprint density at radius 2 is 1.42 bits per heavy atom. The molecule has 1 unspecified atom stereocenters. The summed E-state index contributed by atoms with van der Waals surface area (Å²) in [6, 6.07) is 0. The Hall–Kier alpha value is -0.610. The largest absolute Gasteiger partial charge is 0.465 e. The molecule has 0 fully saturated rings. The first-order chi connectivity index (χ1) is 12.4. The highest BCUT2D eigenvalue weighted by atomic mass is 16.5. The number of quaternary nitrogens is 1. The smallest absolute Gasteiger partial charge is 0.305 e. The van der Waals surface area contributed by atoms with Crippen LogP contribution in [0.3, 0.4) is 0 Å². The van der Waals surface area contributed by atoms with Crippen LogP contribution in [0.5, 0.6) is 0 Å². The van der Waals surface area contributed by atoms with Gasteiger partial charge in [-0.1, -0.05) is 52.4 Å². The van der Waals surface area contributed by atoms with E-state index in [2.05, 4.69) is 35.0 Å². The number of rotatable bonds is 16. The van der Waals surface area contributed by atoms with Crippen LogP contribution in [0, 0.1) is 5.92 Å². The van der Waals surface area contributed by atoms with Gasteiger partial charge in [0.05, 0.1) is 34.3 Å². The molecule has 0 aliphatic carbocycles. The number of ether oxygens (including phenoxy) is 1. The van der Waals surface area contributed by atoms with Gasteiger partial charge < -0.3 is 14.3 Å². The van der Waals surface area contributed by atoms with Crippen LogP contribution in [-0.2, 0) is 9.53 Å². The Bertz CT molecular complexity index is 300. The summed E-state index contributed by atoms with van der Waals surface area (Å²) < 4.78 is 6.56. The van der Waals surface area contributed by atoms with Gasteiger partial charge in [-0.05, 0) is 38.0 Å². The third-order valence-corrected chi connectivity index (χ3v) is 4.62. The van der Waals surface area contributed by atoms with Crippen LogP contribution in [0.2, 0.25) is 0 Å². The molecule has 0 aromatic heterocycles. The molecular formula is C22H48NO3+. The number of carbonyl (C=O) groups is 1. The third-order valence-electron chi connectivity index (χ3n) is 4.62. The molecule has 0 saturated carbocycles. The maximum atomic E-state index is 11.9. The predicted octanol–water partition coefficient (Wildman–Crippen LogP) is 5.18. The van der Waals surface area contributed by atoms with Gasteiger partial charge in [0, 0.05) is 13.5 Å². The van der Waals surface area contributed by atoms with E-state index in [4.69, 9.17) is 9.84 Å². The highest BCUT2D eigenvalue weighted by Crippen LogP contribution is 2.18. The van der Waals surface area contributed by atoms with Crippen LogP contribution in [0.15, 0.2) is 0 Å². The van der Waals surface area contributed by atoms with Gasteiger partial charge in [0.15, 0.2) is 0 Å². The van der Waals surface area contributed by atoms with Gasteiger partial charge in [0.25, 0.3) is 0 Å². The van der Waals surface area contributed by atoms with Crippen LogP contribution in [0.25, 0.3) is 0 Å². The number of unbranched alkanes of at least 4 members (excludes halogenated alkanes) is 6. The fourth-order valence-electron chi connectivity index (χ4n) is 2.98. The molecule has 1 atom stereocenters. The van der Waals surface area contributed by atoms with Gasteiger partial charge in [-0.15, -0.1) is 0 Å². The van der Waals surface area contributed by atoms with Crippen molar-refractivity contribution in [2.24, 2.45) is 5.92 Å². The van der Waals surface area contributed by atoms with E-state index >= 15 is 0 Å². The summed E-state index contributed by atoms with van der Waals surface area (Å²) in [4.78, 5) is 11.9. The molecule has 0 aromatic rings. The van der Waals surface area contributed by atoms with Gasteiger partial charge in [0.2, 0.25) is 0 Å². The zero-order valence-electron chi connectivity index (χ0n) is 18.7. The van der Waals surface area contributed by atoms with Crippen LogP contribution < -0.4 is 0 Å². The van der Waals surface area contributed by atoms with Gasteiger partial charge in [-0.3, -0.25) is 4.79 Å². The number of hydrogen-bond acceptors (Lipinski definition) is 3. The minimum atomic E-state index is 0.00954. The quantitative estimate of drug-likeness (QED) is 0.230. The van der Waals surface area contributed by atoms with E-state index in [-0.39, 0.29) is 5.97 Å². The third kappa shape index (κ3) is 21.4. The fourth-order valence-corrected chi connectivity index (χ4v) is 2.98. The van der Waals surface area contributed by atoms with E-state index in [9.17, 15) is 4.79 Å². The molecule has 4 nitrogen and oxygen atoms in total. The first kappa shape index (κ1) is 27.6. The first-order valence-corrected chi connectivity index (χ1v) is 10.8. The fraction of sp³-hybridized carbons (Fsp3) is 0.955. The van der Waals surface area contributed by atoms with Crippen LogP contribution in [-0.4, -0.2) is 57.0 Å². The average molecular weight is 375 g/mol. The van der Waals surface area contributed by atoms with E-state index in [0.717, 1.165) is 24.4 Å². The molecule has 26 heavy (non-hydrogen) atoms. The Morgan fingerprint density at radius 1 is 0.846 bits per heavy atom. The van der Waals surface area contributed by atoms with Crippen molar-refractivity contribution in [3.63, 3.8) is 0 Å². The number of esters is 1. The van der Waals surface area contributed by atoms with Gasteiger partial charge in [-0.25, -0.2) is 0 Å². The lowest BCUT2D eigenvalue weighted by atomic mass is 9.96.